The van der Waals surface area contributed by atoms with Crippen LogP contribution in [0.15, 0.2) is 22.7 Å². The third-order valence-electron chi connectivity index (χ3n) is 2.37. The summed E-state index contributed by atoms with van der Waals surface area (Å²) in [6.07, 6.45) is 0. The van der Waals surface area contributed by atoms with Crippen molar-refractivity contribution in [3.05, 3.63) is 39.7 Å². The van der Waals surface area contributed by atoms with Crippen molar-refractivity contribution in [3.8, 4) is 0 Å². The van der Waals surface area contributed by atoms with Gasteiger partial charge in [-0.3, -0.25) is 26.1 Å². The van der Waals surface area contributed by atoms with Gasteiger partial charge in [-0.15, -0.1) is 0 Å². The van der Waals surface area contributed by atoms with E-state index in [2.05, 4.69) is 20.9 Å². The summed E-state index contributed by atoms with van der Waals surface area (Å²) in [6, 6.07) is 3.98. The summed E-state index contributed by atoms with van der Waals surface area (Å²) < 4.78 is 4.71. The highest BCUT2D eigenvalue weighted by atomic mass is 16.6. The van der Waals surface area contributed by atoms with E-state index in [1.807, 2.05) is 0 Å². The van der Waals surface area contributed by atoms with Crippen LogP contribution in [-0.4, -0.2) is 21.0 Å². The molecule has 0 aliphatic carbocycles. The van der Waals surface area contributed by atoms with Gasteiger partial charge in [-0.1, -0.05) is 11.2 Å². The molecule has 20 heavy (non-hydrogen) atoms. The van der Waals surface area contributed by atoms with Gasteiger partial charge in [0.15, 0.2) is 5.82 Å². The van der Waals surface area contributed by atoms with Crippen LogP contribution in [0.5, 0.6) is 0 Å². The fourth-order valence-electron chi connectivity index (χ4n) is 1.55. The number of nitrogen functional groups attached to an aromatic ring is 1. The molecule has 0 radical (unpaired) electrons. The molecule has 0 aliphatic heterocycles. The van der Waals surface area contributed by atoms with Crippen LogP contribution in [0.3, 0.4) is 0 Å². The average molecular weight is 278 g/mol. The van der Waals surface area contributed by atoms with E-state index in [9.17, 15) is 14.9 Å². The molecule has 10 nitrogen and oxygen atoms in total. The number of para-hydroxylation sites is 1. The summed E-state index contributed by atoms with van der Waals surface area (Å²) in [5.74, 6) is 4.76. The van der Waals surface area contributed by atoms with Crippen molar-refractivity contribution in [1.82, 2.24) is 10.1 Å². The highest BCUT2D eigenvalue weighted by Gasteiger charge is 2.25. The van der Waals surface area contributed by atoms with Gasteiger partial charge in [0.05, 0.1) is 4.92 Å². The maximum Gasteiger partial charge on any atom is 0.328 e. The summed E-state index contributed by atoms with van der Waals surface area (Å²) in [5, 5.41) is 16.8. The van der Waals surface area contributed by atoms with Gasteiger partial charge in [0, 0.05) is 0 Å². The van der Waals surface area contributed by atoms with Crippen LogP contribution in [0.2, 0.25) is 0 Å². The fourth-order valence-corrected chi connectivity index (χ4v) is 1.55. The zero-order valence-corrected chi connectivity index (χ0v) is 10.3. The van der Waals surface area contributed by atoms with E-state index in [0.717, 1.165) is 0 Å². The quantitative estimate of drug-likeness (QED) is 0.422. The molecule has 0 aliphatic rings. The molecule has 0 unspecified atom stereocenters. The summed E-state index contributed by atoms with van der Waals surface area (Å²) >= 11 is 0. The van der Waals surface area contributed by atoms with Crippen molar-refractivity contribution in [2.45, 2.75) is 6.92 Å². The molecule has 0 spiro atoms. The maximum absolute atomic E-state index is 12.0. The first kappa shape index (κ1) is 13.4. The lowest BCUT2D eigenvalue weighted by atomic mass is 10.1. The third kappa shape index (κ3) is 2.54. The Labute approximate surface area is 112 Å². The van der Waals surface area contributed by atoms with Gasteiger partial charge in [-0.2, -0.15) is 4.98 Å². The lowest BCUT2D eigenvalue weighted by molar-refractivity contribution is -0.384. The normalized spacial score (nSPS) is 10.1. The van der Waals surface area contributed by atoms with E-state index in [1.165, 1.54) is 18.2 Å². The van der Waals surface area contributed by atoms with Gasteiger partial charge in [0.25, 0.3) is 5.91 Å². The molecule has 104 valence electrons. The smallest absolute Gasteiger partial charge is 0.318 e. The predicted octanol–water partition coefficient (Wildman–Crippen LogP) is 0.824. The first-order valence-electron chi connectivity index (χ1n) is 5.38. The van der Waals surface area contributed by atoms with Gasteiger partial charge in [0.2, 0.25) is 0 Å². The van der Waals surface area contributed by atoms with Crippen LogP contribution in [0.25, 0.3) is 0 Å². The number of nitrogens with zero attached hydrogens (tertiary/aromatic N) is 3. The van der Waals surface area contributed by atoms with Gasteiger partial charge in [0.1, 0.15) is 11.3 Å². The molecular weight excluding hydrogens is 268 g/mol. The number of benzene rings is 1. The molecule has 0 atom stereocenters. The van der Waals surface area contributed by atoms with Gasteiger partial charge in [-0.05, 0) is 19.1 Å². The molecule has 0 fully saturated rings. The minimum absolute atomic E-state index is 0.0179. The van der Waals surface area contributed by atoms with E-state index in [1.54, 1.807) is 6.92 Å². The van der Waals surface area contributed by atoms with Crippen molar-refractivity contribution < 1.29 is 14.2 Å². The predicted molar refractivity (Wildman–Crippen MR) is 67.9 cm³/mol. The number of rotatable bonds is 4. The number of hydrogen-bond donors (Lipinski definition) is 3. The number of nitro groups is 1. The van der Waals surface area contributed by atoms with Crippen LogP contribution < -0.4 is 16.6 Å². The van der Waals surface area contributed by atoms with E-state index in [4.69, 9.17) is 10.4 Å². The Kier molecular flexibility index (Phi) is 3.57. The highest BCUT2D eigenvalue weighted by molar-refractivity contribution is 6.07. The maximum atomic E-state index is 12.0. The Balaban J connectivity index is 2.36. The number of anilines is 2. The third-order valence-corrected chi connectivity index (χ3v) is 2.37. The van der Waals surface area contributed by atoms with Crippen molar-refractivity contribution in [2.75, 3.05) is 10.7 Å². The number of aromatic nitrogens is 2. The zero-order chi connectivity index (χ0) is 14.7. The van der Waals surface area contributed by atoms with Crippen LogP contribution in [0, 0.1) is 17.0 Å². The summed E-state index contributed by atoms with van der Waals surface area (Å²) in [6.45, 7) is 1.57. The Hall–Kier alpha value is -3.01. The van der Waals surface area contributed by atoms with Crippen LogP contribution in [0.4, 0.5) is 17.4 Å². The van der Waals surface area contributed by atoms with E-state index in [-0.39, 0.29) is 17.3 Å². The molecule has 0 bridgehead atoms. The van der Waals surface area contributed by atoms with Crippen LogP contribution in [-0.2, 0) is 0 Å². The summed E-state index contributed by atoms with van der Waals surface area (Å²) in [7, 11) is 0. The van der Waals surface area contributed by atoms with E-state index >= 15 is 0 Å². The molecule has 2 rings (SSSR count). The summed E-state index contributed by atoms with van der Waals surface area (Å²) in [5.41, 5.74) is 1.56. The van der Waals surface area contributed by atoms with Gasteiger partial charge in [-0.25, -0.2) is 0 Å². The molecule has 0 saturated heterocycles. The Bertz CT molecular complexity index is 668. The molecule has 1 aromatic heterocycles. The number of carbonyl (C=O) groups excluding carboxylic acids is 1. The van der Waals surface area contributed by atoms with Crippen molar-refractivity contribution in [2.24, 2.45) is 5.84 Å². The van der Waals surface area contributed by atoms with Crippen molar-refractivity contribution in [1.29, 1.82) is 0 Å². The molecule has 2 aromatic rings. The first-order valence-corrected chi connectivity index (χ1v) is 5.38. The average Bonchev–Trinajstić information content (AvgIpc) is 2.82. The van der Waals surface area contributed by atoms with E-state index in [0.29, 0.717) is 5.82 Å². The van der Waals surface area contributed by atoms with E-state index < -0.39 is 16.5 Å². The van der Waals surface area contributed by atoms with Gasteiger partial charge >= 0.3 is 11.7 Å². The van der Waals surface area contributed by atoms with Crippen molar-refractivity contribution >= 4 is 23.3 Å². The number of aryl methyl sites for hydroxylation is 1. The second-order valence-electron chi connectivity index (χ2n) is 3.70. The molecular formula is C10H10N6O4. The lowest BCUT2D eigenvalue weighted by Gasteiger charge is -2.06. The number of hydrogen-bond acceptors (Lipinski definition) is 8. The van der Waals surface area contributed by atoms with Crippen molar-refractivity contribution in [3.63, 3.8) is 0 Å². The molecule has 0 saturated carbocycles. The second kappa shape index (κ2) is 5.32. The minimum Gasteiger partial charge on any atom is -0.318 e. The highest BCUT2D eigenvalue weighted by Crippen LogP contribution is 2.28. The Morgan fingerprint density at radius 2 is 2.25 bits per heavy atom. The molecule has 1 aromatic carbocycles. The second-order valence-corrected chi connectivity index (χ2v) is 3.70. The van der Waals surface area contributed by atoms with Gasteiger partial charge < -0.3 is 9.95 Å². The van der Waals surface area contributed by atoms with Crippen LogP contribution >= 0.6 is 0 Å². The SMILES string of the molecule is Cc1noc(NC(=O)c2cccc(NN)c2[N+](=O)[O-])n1. The number of amides is 1. The number of hydrazine groups is 1. The largest absolute Gasteiger partial charge is 0.328 e. The lowest BCUT2D eigenvalue weighted by Crippen LogP contribution is -2.16. The minimum atomic E-state index is -0.752. The molecule has 1 amide bonds. The molecule has 10 heteroatoms. The topological polar surface area (TPSA) is 149 Å². The molecule has 4 N–H and O–H groups in total. The standard InChI is InChI=1S/C10H10N6O4/c1-5-12-10(20-15-5)13-9(17)6-3-2-4-7(14-11)8(6)16(18)19/h2-4,14H,11H2,1H3,(H,12,13,15,17). The fraction of sp³-hybridized carbons (Fsp3) is 0.100. The Morgan fingerprint density at radius 1 is 1.50 bits per heavy atom. The monoisotopic (exact) mass is 278 g/mol. The van der Waals surface area contributed by atoms with Crippen LogP contribution in [0.1, 0.15) is 16.2 Å². The Morgan fingerprint density at radius 3 is 2.80 bits per heavy atom. The zero-order valence-electron chi connectivity index (χ0n) is 10.3. The number of nitrogens with one attached hydrogen (secondary N) is 2. The summed E-state index contributed by atoms with van der Waals surface area (Å²) in [4.78, 5) is 26.1. The number of nitrogens with two attached hydrogens (primary N) is 1. The first-order chi connectivity index (χ1) is 9.52. The number of carbonyl (C=O) groups is 1. The molecule has 1 heterocycles. The number of nitro benzene ring substituents is 1.